The lowest BCUT2D eigenvalue weighted by Crippen LogP contribution is -2.32. The Kier molecular flexibility index (Phi) is 7.46. The van der Waals surface area contributed by atoms with E-state index in [-0.39, 0.29) is 40.3 Å². The zero-order chi connectivity index (χ0) is 27.0. The van der Waals surface area contributed by atoms with Crippen molar-refractivity contribution in [2.45, 2.75) is 51.1 Å². The highest BCUT2D eigenvalue weighted by Gasteiger charge is 2.30. The lowest BCUT2D eigenvalue weighted by molar-refractivity contribution is 0.0951. The smallest absolute Gasteiger partial charge is 0.253 e. The standard InChI is InChI=1S/C26H25F4N5O2S/c1-13-2-7-20(19(27)10-13)33-24-18(26(36)32-16-3-4-16)12-15(21(28)23(24)30)11-14-8-9-31-25(22(14)29)35-38(37)34-17-5-6-17/h2,7-10,12,16-17,33-34H,3-6,11H2,1H3,(H,31,35)(H,32,36). The van der Waals surface area contributed by atoms with Gasteiger partial charge in [0.15, 0.2) is 29.0 Å². The van der Waals surface area contributed by atoms with E-state index in [0.29, 0.717) is 5.56 Å². The molecule has 1 aromatic heterocycles. The molecule has 1 unspecified atom stereocenters. The fraction of sp³-hybridized carbons (Fsp3) is 0.308. The van der Waals surface area contributed by atoms with E-state index in [4.69, 9.17) is 0 Å². The van der Waals surface area contributed by atoms with E-state index >= 15 is 13.2 Å². The van der Waals surface area contributed by atoms with Gasteiger partial charge in [-0.25, -0.2) is 22.5 Å². The van der Waals surface area contributed by atoms with Gasteiger partial charge in [0.1, 0.15) is 5.82 Å². The molecule has 7 nitrogen and oxygen atoms in total. The minimum absolute atomic E-state index is 0.0527. The van der Waals surface area contributed by atoms with Crippen LogP contribution in [0.15, 0.2) is 36.5 Å². The van der Waals surface area contributed by atoms with Gasteiger partial charge in [0, 0.05) is 18.7 Å². The van der Waals surface area contributed by atoms with Crippen molar-refractivity contribution in [2.24, 2.45) is 0 Å². The molecule has 2 aliphatic carbocycles. The number of amides is 1. The number of benzene rings is 2. The fourth-order valence-corrected chi connectivity index (χ4v) is 4.74. The van der Waals surface area contributed by atoms with Crippen molar-refractivity contribution in [2.75, 3.05) is 10.0 Å². The molecule has 5 rings (SSSR count). The van der Waals surface area contributed by atoms with E-state index in [1.165, 1.54) is 24.4 Å². The molecule has 0 radical (unpaired) electrons. The molecule has 12 heteroatoms. The molecule has 2 fully saturated rings. The topological polar surface area (TPSA) is 101 Å². The first-order valence-electron chi connectivity index (χ1n) is 12.1. The molecule has 0 spiro atoms. The van der Waals surface area contributed by atoms with Gasteiger partial charge in [0.05, 0.1) is 23.0 Å². The van der Waals surface area contributed by atoms with Gasteiger partial charge in [-0.1, -0.05) is 6.07 Å². The van der Waals surface area contributed by atoms with Crippen molar-refractivity contribution >= 4 is 34.6 Å². The van der Waals surface area contributed by atoms with Gasteiger partial charge in [-0.05, 0) is 73.6 Å². The monoisotopic (exact) mass is 547 g/mol. The van der Waals surface area contributed by atoms with Crippen LogP contribution in [0.5, 0.6) is 0 Å². The molecule has 0 saturated heterocycles. The molecule has 1 amide bonds. The molecule has 1 heterocycles. The number of carbonyl (C=O) groups is 1. The number of anilines is 3. The number of carbonyl (C=O) groups excluding carboxylic acids is 1. The largest absolute Gasteiger partial charge is 0.574 e. The van der Waals surface area contributed by atoms with E-state index in [9.17, 15) is 13.7 Å². The molecule has 38 heavy (non-hydrogen) atoms. The maximum Gasteiger partial charge on any atom is 0.253 e. The van der Waals surface area contributed by atoms with Crippen LogP contribution in [-0.2, 0) is 18.0 Å². The van der Waals surface area contributed by atoms with Crippen molar-refractivity contribution in [1.82, 2.24) is 15.0 Å². The Morgan fingerprint density at radius 2 is 1.74 bits per heavy atom. The SMILES string of the molecule is Cc1ccc(Nc2c(C(=O)NC3CC3)cc(Cc3ccnc(N[S+]([O-])NC4CC4)c3F)c(F)c2F)c(F)c1. The molecule has 2 aromatic carbocycles. The third kappa shape index (κ3) is 6.03. The predicted molar refractivity (Wildman–Crippen MR) is 136 cm³/mol. The summed E-state index contributed by atoms with van der Waals surface area (Å²) in [6.45, 7) is 1.68. The summed E-state index contributed by atoms with van der Waals surface area (Å²) in [6, 6.07) is 6.59. The lowest BCUT2D eigenvalue weighted by atomic mass is 9.99. The Hall–Kier alpha value is -3.35. The van der Waals surface area contributed by atoms with E-state index in [2.05, 4.69) is 25.1 Å². The number of rotatable bonds is 10. The van der Waals surface area contributed by atoms with Crippen LogP contribution in [0.25, 0.3) is 0 Å². The zero-order valence-electron chi connectivity index (χ0n) is 20.3. The molecule has 200 valence electrons. The molecule has 2 aliphatic rings. The highest BCUT2D eigenvalue weighted by Crippen LogP contribution is 2.33. The Bertz CT molecular complexity index is 1380. The molecule has 0 bridgehead atoms. The quantitative estimate of drug-likeness (QED) is 0.213. The Labute approximate surface area is 219 Å². The van der Waals surface area contributed by atoms with Crippen molar-refractivity contribution < 1.29 is 26.9 Å². The van der Waals surface area contributed by atoms with Crippen LogP contribution >= 0.6 is 0 Å². The third-order valence-electron chi connectivity index (χ3n) is 6.21. The van der Waals surface area contributed by atoms with Crippen LogP contribution in [0, 0.1) is 30.2 Å². The second-order valence-electron chi connectivity index (χ2n) is 9.51. The van der Waals surface area contributed by atoms with Crippen LogP contribution in [0.3, 0.4) is 0 Å². The Morgan fingerprint density at radius 3 is 2.42 bits per heavy atom. The first kappa shape index (κ1) is 26.3. The molecular formula is C26H25F4N5O2S. The fourth-order valence-electron chi connectivity index (χ4n) is 3.82. The Morgan fingerprint density at radius 1 is 1.00 bits per heavy atom. The third-order valence-corrected chi connectivity index (χ3v) is 7.14. The van der Waals surface area contributed by atoms with Gasteiger partial charge < -0.3 is 15.2 Å². The summed E-state index contributed by atoms with van der Waals surface area (Å²) in [4.78, 5) is 16.8. The summed E-state index contributed by atoms with van der Waals surface area (Å²) in [5.41, 5.74) is -0.609. The number of hydrogen-bond donors (Lipinski definition) is 4. The number of hydrogen-bond acceptors (Lipinski definition) is 6. The summed E-state index contributed by atoms with van der Waals surface area (Å²) in [7, 11) is 0. The van der Waals surface area contributed by atoms with Gasteiger partial charge in [-0.15, -0.1) is 4.72 Å². The zero-order valence-corrected chi connectivity index (χ0v) is 21.2. The van der Waals surface area contributed by atoms with Gasteiger partial charge in [0.25, 0.3) is 5.91 Å². The molecule has 4 N–H and O–H groups in total. The average molecular weight is 548 g/mol. The maximum atomic E-state index is 15.4. The highest BCUT2D eigenvalue weighted by molar-refractivity contribution is 7.90. The number of aryl methyl sites for hydroxylation is 1. The summed E-state index contributed by atoms with van der Waals surface area (Å²) in [6.07, 6.45) is 4.08. The van der Waals surface area contributed by atoms with E-state index in [1.807, 2.05) is 0 Å². The van der Waals surface area contributed by atoms with Crippen LogP contribution in [-0.4, -0.2) is 27.5 Å². The number of nitrogens with zero attached hydrogens (tertiary/aromatic N) is 1. The number of pyridine rings is 1. The normalized spacial score (nSPS) is 15.7. The number of nitrogens with one attached hydrogen (secondary N) is 4. The summed E-state index contributed by atoms with van der Waals surface area (Å²) >= 11 is -1.78. The van der Waals surface area contributed by atoms with Crippen LogP contribution in [0.4, 0.5) is 34.8 Å². The van der Waals surface area contributed by atoms with Crippen molar-refractivity contribution in [3.05, 3.63) is 82.1 Å². The number of halogens is 4. The second kappa shape index (κ2) is 10.8. The maximum absolute atomic E-state index is 15.4. The van der Waals surface area contributed by atoms with Gasteiger partial charge in [-0.3, -0.25) is 4.79 Å². The average Bonchev–Trinajstić information content (AvgIpc) is 3.80. The Balaban J connectivity index is 1.47. The second-order valence-corrected chi connectivity index (χ2v) is 10.5. The number of aromatic nitrogens is 1. The summed E-state index contributed by atoms with van der Waals surface area (Å²) in [5.74, 6) is -5.27. The van der Waals surface area contributed by atoms with E-state index in [1.54, 1.807) is 13.0 Å². The first-order chi connectivity index (χ1) is 18.2. The molecular weight excluding hydrogens is 522 g/mol. The minimum atomic E-state index is -1.78. The first-order valence-corrected chi connectivity index (χ1v) is 13.3. The van der Waals surface area contributed by atoms with Crippen molar-refractivity contribution in [1.29, 1.82) is 0 Å². The summed E-state index contributed by atoms with van der Waals surface area (Å²) < 4.78 is 77.6. The van der Waals surface area contributed by atoms with Crippen LogP contribution in [0.2, 0.25) is 0 Å². The molecule has 1 atom stereocenters. The van der Waals surface area contributed by atoms with Gasteiger partial charge in [-0.2, -0.15) is 4.72 Å². The van der Waals surface area contributed by atoms with Crippen molar-refractivity contribution in [3.8, 4) is 0 Å². The minimum Gasteiger partial charge on any atom is -0.574 e. The van der Waals surface area contributed by atoms with E-state index < -0.39 is 52.8 Å². The van der Waals surface area contributed by atoms with E-state index in [0.717, 1.165) is 31.7 Å². The summed E-state index contributed by atoms with van der Waals surface area (Å²) in [5, 5.41) is 5.24. The highest BCUT2D eigenvalue weighted by atomic mass is 32.2. The van der Waals surface area contributed by atoms with Gasteiger partial charge in [0.2, 0.25) is 5.82 Å². The molecule has 2 saturated carbocycles. The lowest BCUT2D eigenvalue weighted by Gasteiger charge is -2.17. The molecule has 0 aliphatic heterocycles. The van der Waals surface area contributed by atoms with Crippen LogP contribution in [0.1, 0.15) is 52.7 Å². The van der Waals surface area contributed by atoms with Crippen LogP contribution < -0.4 is 20.1 Å². The molecule has 3 aromatic rings. The predicted octanol–water partition coefficient (Wildman–Crippen LogP) is 4.92. The van der Waals surface area contributed by atoms with Gasteiger partial charge >= 0.3 is 0 Å². The van der Waals surface area contributed by atoms with Crippen molar-refractivity contribution in [3.63, 3.8) is 0 Å².